The van der Waals surface area contributed by atoms with Crippen molar-refractivity contribution in [2.45, 2.75) is 31.3 Å². The highest BCUT2D eigenvalue weighted by molar-refractivity contribution is 6.04. The van der Waals surface area contributed by atoms with Crippen LogP contribution in [0, 0.1) is 11.8 Å². The molecule has 4 bridgehead atoms. The molecular weight excluding hydrogens is 264 g/mol. The van der Waals surface area contributed by atoms with Crippen molar-refractivity contribution in [2.75, 3.05) is 0 Å². The van der Waals surface area contributed by atoms with E-state index in [0.29, 0.717) is 11.8 Å². The smallest absolute Gasteiger partial charge is 0.158 e. The van der Waals surface area contributed by atoms with Crippen LogP contribution in [-0.4, -0.2) is 30.2 Å². The van der Waals surface area contributed by atoms with Gasteiger partial charge in [0.1, 0.15) is 0 Å². The minimum absolute atomic E-state index is 0.00116. The van der Waals surface area contributed by atoms with Gasteiger partial charge in [-0.2, -0.15) is 0 Å². The Morgan fingerprint density at radius 1 is 0.952 bits per heavy atom. The van der Waals surface area contributed by atoms with Crippen molar-refractivity contribution in [1.29, 1.82) is 0 Å². The summed E-state index contributed by atoms with van der Waals surface area (Å²) >= 11 is 0. The summed E-state index contributed by atoms with van der Waals surface area (Å²) in [6.07, 6.45) is 4.49. The van der Waals surface area contributed by atoms with Gasteiger partial charge in [0.2, 0.25) is 0 Å². The van der Waals surface area contributed by atoms with Crippen molar-refractivity contribution < 1.29 is 14.3 Å². The molecule has 106 valence electrons. The predicted octanol–water partition coefficient (Wildman–Crippen LogP) is 2.38. The van der Waals surface area contributed by atoms with Gasteiger partial charge < -0.3 is 9.47 Å². The molecule has 0 spiro atoms. The molecule has 0 aromatic heterocycles. The van der Waals surface area contributed by atoms with E-state index in [1.54, 1.807) is 6.92 Å². The minimum Gasteiger partial charge on any atom is -0.366 e. The number of carbonyl (C=O) groups excluding carboxylic acids is 1. The number of ether oxygens (including phenoxy) is 2. The van der Waals surface area contributed by atoms with Crippen molar-refractivity contribution in [3.63, 3.8) is 0 Å². The van der Waals surface area contributed by atoms with Gasteiger partial charge in [-0.1, -0.05) is 42.5 Å². The zero-order chi connectivity index (χ0) is 14.1. The van der Waals surface area contributed by atoms with Crippen LogP contribution in [0.3, 0.4) is 0 Å². The number of hydrogen-bond acceptors (Lipinski definition) is 3. The number of ketones is 1. The van der Waals surface area contributed by atoms with E-state index in [2.05, 4.69) is 24.3 Å². The third-order valence-electron chi connectivity index (χ3n) is 5.32. The topological polar surface area (TPSA) is 35.5 Å². The normalized spacial score (nSPS) is 42.0. The van der Waals surface area contributed by atoms with E-state index in [-0.39, 0.29) is 30.2 Å². The van der Waals surface area contributed by atoms with E-state index in [4.69, 9.17) is 9.47 Å². The summed E-state index contributed by atoms with van der Waals surface area (Å²) < 4.78 is 12.2. The van der Waals surface area contributed by atoms with E-state index in [1.165, 1.54) is 0 Å². The molecule has 1 aromatic carbocycles. The summed E-state index contributed by atoms with van der Waals surface area (Å²) in [5, 5.41) is 0. The Hall–Kier alpha value is -1.71. The van der Waals surface area contributed by atoms with Crippen molar-refractivity contribution in [3.8, 4) is 0 Å². The molecule has 0 amide bonds. The average molecular weight is 280 g/mol. The van der Waals surface area contributed by atoms with Gasteiger partial charge in [0.25, 0.3) is 0 Å². The number of Topliss-reactive ketones (excluding diaryl/α,β-unsaturated/α-hetero) is 1. The summed E-state index contributed by atoms with van der Waals surface area (Å²) in [6.45, 7) is 1.65. The molecule has 0 N–H and O–H groups in total. The molecule has 1 aromatic rings. The van der Waals surface area contributed by atoms with Crippen molar-refractivity contribution >= 4 is 11.4 Å². The first-order valence-corrected chi connectivity index (χ1v) is 7.55. The fourth-order valence-electron chi connectivity index (χ4n) is 4.61. The van der Waals surface area contributed by atoms with Gasteiger partial charge in [-0.05, 0) is 18.1 Å². The number of carbonyl (C=O) groups is 1. The number of fused-ring (bicyclic) bond motifs is 9. The molecular formula is C18H16O3. The first-order chi connectivity index (χ1) is 10.3. The molecule has 21 heavy (non-hydrogen) atoms. The first kappa shape index (κ1) is 11.9. The highest BCUT2D eigenvalue weighted by Gasteiger charge is 2.64. The lowest BCUT2D eigenvalue weighted by molar-refractivity contribution is -0.114. The number of rotatable bonds is 2. The molecule has 2 saturated heterocycles. The van der Waals surface area contributed by atoms with E-state index >= 15 is 0 Å². The standard InChI is InChI=1S/C18H16O3/c1-9(19)13-14(10-5-3-2-4-6-10)18-16-12-8-7-11(20-12)15(16)17(13)21-18/h2-8,11-12,15-18H,1H3. The molecule has 3 heteroatoms. The third-order valence-corrected chi connectivity index (χ3v) is 5.32. The van der Waals surface area contributed by atoms with Gasteiger partial charge in [-0.15, -0.1) is 0 Å². The summed E-state index contributed by atoms with van der Waals surface area (Å²) in [4.78, 5) is 12.2. The van der Waals surface area contributed by atoms with Gasteiger partial charge in [0.05, 0.1) is 24.4 Å². The molecule has 0 radical (unpaired) electrons. The quantitative estimate of drug-likeness (QED) is 0.780. The molecule has 0 aliphatic carbocycles. The highest BCUT2D eigenvalue weighted by Crippen LogP contribution is 2.58. The van der Waals surface area contributed by atoms with E-state index < -0.39 is 0 Å². The lowest BCUT2D eigenvalue weighted by Crippen LogP contribution is -2.36. The summed E-state index contributed by atoms with van der Waals surface area (Å²) in [6, 6.07) is 10.2. The monoisotopic (exact) mass is 280 g/mol. The van der Waals surface area contributed by atoms with Crippen LogP contribution in [-0.2, 0) is 14.3 Å². The second-order valence-corrected chi connectivity index (χ2v) is 6.33. The highest BCUT2D eigenvalue weighted by atomic mass is 16.5. The maximum absolute atomic E-state index is 12.2. The van der Waals surface area contributed by atoms with Crippen molar-refractivity contribution in [2.24, 2.45) is 11.8 Å². The Morgan fingerprint density at radius 2 is 1.62 bits per heavy atom. The maximum Gasteiger partial charge on any atom is 0.158 e. The molecule has 4 aliphatic heterocycles. The summed E-state index contributed by atoms with van der Waals surface area (Å²) in [5.74, 6) is 0.811. The van der Waals surface area contributed by atoms with Crippen molar-refractivity contribution in [1.82, 2.24) is 0 Å². The lowest BCUT2D eigenvalue weighted by Gasteiger charge is -2.29. The minimum atomic E-state index is -0.0901. The van der Waals surface area contributed by atoms with Crippen LogP contribution >= 0.6 is 0 Å². The van der Waals surface area contributed by atoms with Crippen LogP contribution in [0.25, 0.3) is 5.57 Å². The number of hydrogen-bond donors (Lipinski definition) is 0. The fraction of sp³-hybridized carbons (Fsp3) is 0.389. The Morgan fingerprint density at radius 3 is 2.29 bits per heavy atom. The SMILES string of the molecule is CC(=O)C1=C(c2ccccc2)C2OC1C1C3C=CC(O3)C21. The van der Waals surface area contributed by atoms with E-state index in [9.17, 15) is 4.79 Å². The molecule has 4 aliphatic rings. The second kappa shape index (κ2) is 3.93. The predicted molar refractivity (Wildman–Crippen MR) is 77.5 cm³/mol. The lowest BCUT2D eigenvalue weighted by atomic mass is 9.69. The van der Waals surface area contributed by atoms with Crippen LogP contribution in [0.1, 0.15) is 12.5 Å². The maximum atomic E-state index is 12.2. The molecule has 4 heterocycles. The van der Waals surface area contributed by atoms with Crippen LogP contribution < -0.4 is 0 Å². The Labute approximate surface area is 123 Å². The van der Waals surface area contributed by atoms with E-state index in [1.807, 2.05) is 18.2 Å². The number of benzene rings is 1. The second-order valence-electron chi connectivity index (χ2n) is 6.33. The third kappa shape index (κ3) is 1.38. The zero-order valence-corrected chi connectivity index (χ0v) is 11.7. The zero-order valence-electron chi connectivity index (χ0n) is 11.7. The molecule has 0 saturated carbocycles. The first-order valence-electron chi connectivity index (χ1n) is 7.55. The van der Waals surface area contributed by atoms with Crippen molar-refractivity contribution in [3.05, 3.63) is 53.6 Å². The van der Waals surface area contributed by atoms with Crippen LogP contribution in [0.15, 0.2) is 48.1 Å². The fourth-order valence-corrected chi connectivity index (χ4v) is 4.61. The van der Waals surface area contributed by atoms with Crippen LogP contribution in [0.5, 0.6) is 0 Å². The Bertz CT molecular complexity index is 688. The summed E-state index contributed by atoms with van der Waals surface area (Å²) in [7, 11) is 0. The van der Waals surface area contributed by atoms with Gasteiger partial charge in [-0.3, -0.25) is 4.79 Å². The average Bonchev–Trinajstić information content (AvgIpc) is 3.24. The van der Waals surface area contributed by atoms with Gasteiger partial charge >= 0.3 is 0 Å². The van der Waals surface area contributed by atoms with Crippen LogP contribution in [0.2, 0.25) is 0 Å². The largest absolute Gasteiger partial charge is 0.366 e. The Kier molecular flexibility index (Phi) is 2.23. The van der Waals surface area contributed by atoms with Gasteiger partial charge in [0.15, 0.2) is 5.78 Å². The van der Waals surface area contributed by atoms with Gasteiger partial charge in [0, 0.05) is 17.4 Å². The molecule has 2 fully saturated rings. The Balaban J connectivity index is 1.68. The van der Waals surface area contributed by atoms with Gasteiger partial charge in [-0.25, -0.2) is 0 Å². The molecule has 6 atom stereocenters. The summed E-state index contributed by atoms with van der Waals surface area (Å²) in [5.41, 5.74) is 3.08. The molecule has 6 unspecified atom stereocenters. The molecule has 5 rings (SSSR count). The van der Waals surface area contributed by atoms with E-state index in [0.717, 1.165) is 16.7 Å². The van der Waals surface area contributed by atoms with Crippen LogP contribution in [0.4, 0.5) is 0 Å². The molecule has 3 nitrogen and oxygen atoms in total.